The van der Waals surface area contributed by atoms with Crippen LogP contribution in [0.2, 0.25) is 0 Å². The molecule has 0 fully saturated rings. The minimum atomic E-state index is -0.179. The summed E-state index contributed by atoms with van der Waals surface area (Å²) in [5, 5.41) is 11.1. The maximum atomic E-state index is 13.6. The van der Waals surface area contributed by atoms with Crippen molar-refractivity contribution in [1.82, 2.24) is 29.2 Å². The topological polar surface area (TPSA) is 133 Å². The number of hydrogen-bond acceptors (Lipinski definition) is 11. The number of carbonyl (C=O) groups is 1. The predicted octanol–water partition coefficient (Wildman–Crippen LogP) is 4.25. The fraction of sp³-hybridized carbons (Fsp3) is 0.500. The van der Waals surface area contributed by atoms with E-state index in [0.717, 1.165) is 65.8 Å². The number of nitrogens with zero attached hydrogens (tertiary/aromatic N) is 7. The van der Waals surface area contributed by atoms with Gasteiger partial charge in [-0.3, -0.25) is 9.48 Å². The number of nitrogens with one attached hydrogen (secondary N) is 2. The van der Waals surface area contributed by atoms with E-state index < -0.39 is 0 Å². The van der Waals surface area contributed by atoms with Crippen molar-refractivity contribution >= 4 is 28.9 Å². The average molecular weight is 690 g/mol. The summed E-state index contributed by atoms with van der Waals surface area (Å²) in [7, 11) is 9.57. The fourth-order valence-electron chi connectivity index (χ4n) is 6.01. The first-order chi connectivity index (χ1) is 24.2. The molecule has 0 atom stereocenters. The molecule has 14 nitrogen and oxygen atoms in total. The van der Waals surface area contributed by atoms with E-state index in [1.54, 1.807) is 14.2 Å². The lowest BCUT2D eigenvalue weighted by Crippen LogP contribution is -2.23. The third-order valence-corrected chi connectivity index (χ3v) is 8.78. The number of methoxy groups -OCH3 is 2. The third-order valence-electron chi connectivity index (χ3n) is 8.78. The zero-order valence-corrected chi connectivity index (χ0v) is 30.4. The molecule has 270 valence electrons. The molecule has 0 spiro atoms. The Kier molecular flexibility index (Phi) is 12.8. The van der Waals surface area contributed by atoms with Crippen LogP contribution in [0.25, 0.3) is 5.82 Å². The molecule has 2 N–H and O–H groups in total. The molecule has 50 heavy (non-hydrogen) atoms. The lowest BCUT2D eigenvalue weighted by molar-refractivity contribution is 0.0224. The van der Waals surface area contributed by atoms with E-state index in [2.05, 4.69) is 57.7 Å². The minimum Gasteiger partial charge on any atom is -0.494 e. The van der Waals surface area contributed by atoms with Gasteiger partial charge >= 0.3 is 0 Å². The van der Waals surface area contributed by atoms with Crippen LogP contribution in [0.1, 0.15) is 39.4 Å². The van der Waals surface area contributed by atoms with Crippen LogP contribution in [0.5, 0.6) is 5.75 Å². The summed E-state index contributed by atoms with van der Waals surface area (Å²) in [6.45, 7) is 8.99. The molecule has 1 aromatic carbocycles. The first-order valence-corrected chi connectivity index (χ1v) is 17.1. The molecule has 4 aromatic rings. The van der Waals surface area contributed by atoms with Crippen LogP contribution in [0.3, 0.4) is 0 Å². The monoisotopic (exact) mass is 689 g/mol. The number of hydrogen-bond donors (Lipinski definition) is 2. The van der Waals surface area contributed by atoms with E-state index in [9.17, 15) is 4.79 Å². The zero-order valence-electron chi connectivity index (χ0n) is 30.4. The normalized spacial score (nSPS) is 12.2. The molecule has 4 heterocycles. The van der Waals surface area contributed by atoms with Crippen LogP contribution in [-0.2, 0) is 33.6 Å². The highest BCUT2D eigenvalue weighted by Gasteiger charge is 2.25. The Morgan fingerprint density at radius 3 is 2.52 bits per heavy atom. The van der Waals surface area contributed by atoms with Gasteiger partial charge in [-0.2, -0.15) is 10.1 Å². The molecular formula is C36H51N9O5. The van der Waals surface area contributed by atoms with Crippen molar-refractivity contribution in [3.63, 3.8) is 0 Å². The molecule has 3 aromatic heterocycles. The van der Waals surface area contributed by atoms with Crippen LogP contribution in [0, 0.1) is 13.8 Å². The number of anilines is 4. The fourth-order valence-corrected chi connectivity index (χ4v) is 6.01. The number of benzene rings is 1. The largest absolute Gasteiger partial charge is 0.494 e. The first kappa shape index (κ1) is 36.8. The van der Waals surface area contributed by atoms with Crippen LogP contribution >= 0.6 is 0 Å². The van der Waals surface area contributed by atoms with Gasteiger partial charge in [-0.25, -0.2) is 4.98 Å². The molecule has 0 bridgehead atoms. The number of rotatable bonds is 19. The van der Waals surface area contributed by atoms with Gasteiger partial charge in [0.2, 0.25) is 5.95 Å². The lowest BCUT2D eigenvalue weighted by atomic mass is 10.0. The Morgan fingerprint density at radius 1 is 0.980 bits per heavy atom. The van der Waals surface area contributed by atoms with Crippen LogP contribution in [-0.4, -0.2) is 117 Å². The highest BCUT2D eigenvalue weighted by atomic mass is 16.5. The molecule has 5 rings (SSSR count). The second-order valence-corrected chi connectivity index (χ2v) is 12.6. The SMILES string of the molecule is COCCOCCOCCn1nc(C)c(NC(=O)c2ccn3c2CCc2cnc(Nc4ccc(N(C)CCCN(C)C)cc4OC)nc2-3)c1C. The smallest absolute Gasteiger partial charge is 0.257 e. The summed E-state index contributed by atoms with van der Waals surface area (Å²) in [6.07, 6.45) is 6.24. The summed E-state index contributed by atoms with van der Waals surface area (Å²) >= 11 is 0. The highest BCUT2D eigenvalue weighted by molar-refractivity contribution is 6.06. The number of carbonyl (C=O) groups excluding carboxylic acids is 1. The molecule has 0 saturated carbocycles. The molecule has 0 unspecified atom stereocenters. The number of ether oxygens (including phenoxy) is 4. The van der Waals surface area contributed by atoms with E-state index in [4.69, 9.17) is 23.9 Å². The molecule has 1 aliphatic heterocycles. The lowest BCUT2D eigenvalue weighted by Gasteiger charge is -2.22. The quantitative estimate of drug-likeness (QED) is 0.137. The van der Waals surface area contributed by atoms with Gasteiger partial charge in [-0.05, 0) is 71.9 Å². The molecule has 0 saturated heterocycles. The standard InChI is InChI=1S/C36H51N9O5/c1-25-33(26(2)45(41-25)17-18-49-21-22-50-20-19-47-6)39-35(46)29-13-16-44-31(29)12-9-27-24-37-36(40-34(27)44)38-30-11-10-28(23-32(30)48-7)43(5)15-8-14-42(3)4/h10-11,13,16,23-24H,8-9,12,14-15,17-22H2,1-7H3,(H,39,46)(H,37,38,40). The van der Waals surface area contributed by atoms with Gasteiger partial charge in [0.05, 0.1) is 75.0 Å². The Bertz CT molecular complexity index is 1730. The molecule has 1 aliphatic rings. The van der Waals surface area contributed by atoms with E-state index >= 15 is 0 Å². The summed E-state index contributed by atoms with van der Waals surface area (Å²) in [4.78, 5) is 27.6. The van der Waals surface area contributed by atoms with Gasteiger partial charge in [0, 0.05) is 56.1 Å². The van der Waals surface area contributed by atoms with Crippen molar-refractivity contribution in [2.24, 2.45) is 0 Å². The maximum Gasteiger partial charge on any atom is 0.257 e. The van der Waals surface area contributed by atoms with Crippen molar-refractivity contribution in [3.8, 4) is 11.6 Å². The van der Waals surface area contributed by atoms with Gasteiger partial charge in [0.25, 0.3) is 5.91 Å². The number of amides is 1. The van der Waals surface area contributed by atoms with Gasteiger partial charge in [-0.1, -0.05) is 0 Å². The number of fused-ring (bicyclic) bond motifs is 3. The number of aromatic nitrogens is 5. The van der Waals surface area contributed by atoms with Crippen LogP contribution < -0.4 is 20.3 Å². The second-order valence-electron chi connectivity index (χ2n) is 12.6. The average Bonchev–Trinajstić information content (AvgIpc) is 3.66. The van der Waals surface area contributed by atoms with Crippen LogP contribution in [0.15, 0.2) is 36.7 Å². The van der Waals surface area contributed by atoms with Crippen molar-refractivity contribution < 1.29 is 23.7 Å². The molecule has 0 aliphatic carbocycles. The summed E-state index contributed by atoms with van der Waals surface area (Å²) in [5.41, 5.74) is 6.71. The van der Waals surface area contributed by atoms with Gasteiger partial charge < -0.3 is 43.9 Å². The van der Waals surface area contributed by atoms with E-state index in [1.807, 2.05) is 53.7 Å². The molecule has 1 amide bonds. The Balaban J connectivity index is 1.24. The van der Waals surface area contributed by atoms with E-state index in [1.165, 1.54) is 0 Å². The van der Waals surface area contributed by atoms with Gasteiger partial charge in [0.15, 0.2) is 0 Å². The first-order valence-electron chi connectivity index (χ1n) is 17.1. The zero-order chi connectivity index (χ0) is 35.6. The maximum absolute atomic E-state index is 13.6. The van der Waals surface area contributed by atoms with Crippen LogP contribution in [0.4, 0.5) is 23.0 Å². The highest BCUT2D eigenvalue weighted by Crippen LogP contribution is 2.33. The van der Waals surface area contributed by atoms with Crippen molar-refractivity contribution in [2.45, 2.75) is 39.7 Å². The Morgan fingerprint density at radius 2 is 1.76 bits per heavy atom. The molecule has 14 heteroatoms. The summed E-state index contributed by atoms with van der Waals surface area (Å²) in [6, 6.07) is 7.93. The number of aryl methyl sites for hydroxylation is 2. The molecular weight excluding hydrogens is 638 g/mol. The van der Waals surface area contributed by atoms with Crippen molar-refractivity contribution in [2.75, 3.05) is 97.0 Å². The Labute approximate surface area is 294 Å². The molecule has 0 radical (unpaired) electrons. The predicted molar refractivity (Wildman–Crippen MR) is 195 cm³/mol. The minimum absolute atomic E-state index is 0.179. The summed E-state index contributed by atoms with van der Waals surface area (Å²) < 4.78 is 25.7. The Hall–Kier alpha value is -4.50. The van der Waals surface area contributed by atoms with Crippen molar-refractivity contribution in [1.29, 1.82) is 0 Å². The third kappa shape index (κ3) is 8.99. The van der Waals surface area contributed by atoms with Gasteiger partial charge in [0.1, 0.15) is 11.6 Å². The second kappa shape index (κ2) is 17.4. The van der Waals surface area contributed by atoms with Crippen molar-refractivity contribution in [3.05, 3.63) is 64.9 Å². The van der Waals surface area contributed by atoms with Gasteiger partial charge in [-0.15, -0.1) is 0 Å². The van der Waals surface area contributed by atoms with E-state index in [0.29, 0.717) is 68.9 Å². The summed E-state index contributed by atoms with van der Waals surface area (Å²) in [5.74, 6) is 1.72. The van der Waals surface area contributed by atoms with E-state index in [-0.39, 0.29) is 5.91 Å².